The summed E-state index contributed by atoms with van der Waals surface area (Å²) in [7, 11) is 0. The molecule has 1 aliphatic rings. The third kappa shape index (κ3) is 1.25. The molecule has 0 N–H and O–H groups in total. The van der Waals surface area contributed by atoms with Crippen LogP contribution in [0.5, 0.6) is 0 Å². The fraction of sp³-hybridized carbons (Fsp3) is 0.429. The van der Waals surface area contributed by atoms with Gasteiger partial charge in [0.05, 0.1) is 6.42 Å². The third-order valence-electron chi connectivity index (χ3n) is 1.43. The molecule has 0 saturated carbocycles. The van der Waals surface area contributed by atoms with E-state index in [9.17, 15) is 9.59 Å². The summed E-state index contributed by atoms with van der Waals surface area (Å²) in [4.78, 5) is 21.2. The van der Waals surface area contributed by atoms with Crippen molar-refractivity contribution in [2.75, 3.05) is 0 Å². The SMILES string of the molecule is CC1C=CC(=O)CC1=O. The highest BCUT2D eigenvalue weighted by molar-refractivity contribution is 6.08. The molecule has 9 heavy (non-hydrogen) atoms. The Labute approximate surface area is 53.6 Å². The first kappa shape index (κ1) is 6.20. The topological polar surface area (TPSA) is 34.1 Å². The summed E-state index contributed by atoms with van der Waals surface area (Å²) >= 11 is 0. The summed E-state index contributed by atoms with van der Waals surface area (Å²) in [5.41, 5.74) is 0. The molecule has 1 aliphatic carbocycles. The smallest absolute Gasteiger partial charge is 0.162 e. The Balaban J connectivity index is 2.76. The molecule has 0 aromatic rings. The predicted molar refractivity (Wildman–Crippen MR) is 32.9 cm³/mol. The van der Waals surface area contributed by atoms with Crippen molar-refractivity contribution in [1.29, 1.82) is 0 Å². The minimum Gasteiger partial charge on any atom is -0.299 e. The van der Waals surface area contributed by atoms with Crippen LogP contribution >= 0.6 is 0 Å². The van der Waals surface area contributed by atoms with Gasteiger partial charge in [-0.25, -0.2) is 0 Å². The van der Waals surface area contributed by atoms with E-state index in [0.717, 1.165) is 0 Å². The van der Waals surface area contributed by atoms with Crippen molar-refractivity contribution in [3.63, 3.8) is 0 Å². The molecule has 1 rings (SSSR count). The van der Waals surface area contributed by atoms with Gasteiger partial charge in [-0.2, -0.15) is 0 Å². The number of ketones is 2. The summed E-state index contributed by atoms with van der Waals surface area (Å²) < 4.78 is 0. The van der Waals surface area contributed by atoms with Gasteiger partial charge >= 0.3 is 0 Å². The molecule has 0 amide bonds. The quantitative estimate of drug-likeness (QED) is 0.446. The van der Waals surface area contributed by atoms with Gasteiger partial charge in [-0.3, -0.25) is 9.59 Å². The summed E-state index contributed by atoms with van der Waals surface area (Å²) in [6, 6.07) is 0. The van der Waals surface area contributed by atoms with E-state index in [2.05, 4.69) is 0 Å². The van der Waals surface area contributed by atoms with Crippen molar-refractivity contribution in [3.05, 3.63) is 12.2 Å². The minimum absolute atomic E-state index is 0.0301. The molecule has 0 aromatic carbocycles. The number of carbonyl (C=O) groups is 2. The average Bonchev–Trinajstić information content (AvgIpc) is 1.80. The standard InChI is InChI=1S/C7H8O2/c1-5-2-3-6(8)4-7(5)9/h2-3,5H,4H2,1H3. The molecular formula is C7H8O2. The first-order valence-electron chi connectivity index (χ1n) is 2.94. The van der Waals surface area contributed by atoms with Gasteiger partial charge in [-0.1, -0.05) is 13.0 Å². The summed E-state index contributed by atoms with van der Waals surface area (Å²) in [6.07, 6.45) is 3.22. The van der Waals surface area contributed by atoms with Crippen LogP contribution in [0.2, 0.25) is 0 Å². The normalized spacial score (nSPS) is 27.0. The predicted octanol–water partition coefficient (Wildman–Crippen LogP) is 0.721. The van der Waals surface area contributed by atoms with Crippen molar-refractivity contribution in [3.8, 4) is 0 Å². The van der Waals surface area contributed by atoms with Crippen LogP contribution in [0.3, 0.4) is 0 Å². The molecule has 0 aromatic heterocycles. The molecule has 0 radical (unpaired) electrons. The molecule has 1 unspecified atom stereocenters. The van der Waals surface area contributed by atoms with Gasteiger partial charge in [0, 0.05) is 5.92 Å². The fourth-order valence-corrected chi connectivity index (χ4v) is 0.751. The Morgan fingerprint density at radius 3 is 2.67 bits per heavy atom. The molecule has 0 aliphatic heterocycles. The lowest BCUT2D eigenvalue weighted by atomic mass is 9.96. The number of hydrogen-bond donors (Lipinski definition) is 0. The van der Waals surface area contributed by atoms with Crippen LogP contribution in [0.1, 0.15) is 13.3 Å². The maximum absolute atomic E-state index is 10.7. The van der Waals surface area contributed by atoms with Crippen LogP contribution in [0.15, 0.2) is 12.2 Å². The highest BCUT2D eigenvalue weighted by Gasteiger charge is 2.17. The molecule has 0 fully saturated rings. The van der Waals surface area contributed by atoms with Gasteiger partial charge in [0.2, 0.25) is 0 Å². The van der Waals surface area contributed by atoms with Crippen LogP contribution in [-0.4, -0.2) is 11.6 Å². The molecule has 2 heteroatoms. The zero-order valence-corrected chi connectivity index (χ0v) is 5.26. The van der Waals surface area contributed by atoms with E-state index in [4.69, 9.17) is 0 Å². The van der Waals surface area contributed by atoms with Gasteiger partial charge in [0.1, 0.15) is 5.78 Å². The Bertz CT molecular complexity index is 179. The second-order valence-electron chi connectivity index (χ2n) is 2.26. The van der Waals surface area contributed by atoms with E-state index in [-0.39, 0.29) is 23.9 Å². The van der Waals surface area contributed by atoms with Crippen molar-refractivity contribution in [2.45, 2.75) is 13.3 Å². The lowest BCUT2D eigenvalue weighted by molar-refractivity contribution is -0.127. The van der Waals surface area contributed by atoms with E-state index in [1.54, 1.807) is 13.0 Å². The zero-order chi connectivity index (χ0) is 6.85. The van der Waals surface area contributed by atoms with Gasteiger partial charge in [-0.15, -0.1) is 0 Å². The number of carbonyl (C=O) groups excluding carboxylic acids is 2. The number of Topliss-reactive ketones (excluding diaryl/α,β-unsaturated/α-hetero) is 1. The highest BCUT2D eigenvalue weighted by atomic mass is 16.1. The van der Waals surface area contributed by atoms with Crippen molar-refractivity contribution in [1.82, 2.24) is 0 Å². The highest BCUT2D eigenvalue weighted by Crippen LogP contribution is 2.08. The number of hydrogen-bond acceptors (Lipinski definition) is 2. The van der Waals surface area contributed by atoms with E-state index in [1.807, 2.05) is 0 Å². The van der Waals surface area contributed by atoms with Crippen molar-refractivity contribution < 1.29 is 9.59 Å². The van der Waals surface area contributed by atoms with Crippen LogP contribution in [0.25, 0.3) is 0 Å². The molecule has 1 atom stereocenters. The van der Waals surface area contributed by atoms with E-state index < -0.39 is 0 Å². The fourth-order valence-electron chi connectivity index (χ4n) is 0.751. The molecule has 0 heterocycles. The van der Waals surface area contributed by atoms with Crippen molar-refractivity contribution >= 4 is 11.6 Å². The minimum atomic E-state index is -0.0712. The molecular weight excluding hydrogens is 116 g/mol. The molecule has 2 nitrogen and oxygen atoms in total. The summed E-state index contributed by atoms with van der Waals surface area (Å²) in [5, 5.41) is 0. The monoisotopic (exact) mass is 124 g/mol. The van der Waals surface area contributed by atoms with Crippen LogP contribution in [-0.2, 0) is 9.59 Å². The summed E-state index contributed by atoms with van der Waals surface area (Å²) in [5.74, 6) is -0.0942. The van der Waals surface area contributed by atoms with Gasteiger partial charge < -0.3 is 0 Å². The van der Waals surface area contributed by atoms with Crippen LogP contribution in [0.4, 0.5) is 0 Å². The van der Waals surface area contributed by atoms with Crippen molar-refractivity contribution in [2.24, 2.45) is 5.92 Å². The second-order valence-corrected chi connectivity index (χ2v) is 2.26. The van der Waals surface area contributed by atoms with E-state index >= 15 is 0 Å². The van der Waals surface area contributed by atoms with Crippen LogP contribution in [0, 0.1) is 5.92 Å². The van der Waals surface area contributed by atoms with Gasteiger partial charge in [0.25, 0.3) is 0 Å². The number of allylic oxidation sites excluding steroid dienone is 2. The first-order chi connectivity index (χ1) is 4.20. The first-order valence-corrected chi connectivity index (χ1v) is 2.94. The maximum Gasteiger partial charge on any atom is 0.162 e. The number of rotatable bonds is 0. The maximum atomic E-state index is 10.7. The van der Waals surface area contributed by atoms with Gasteiger partial charge in [-0.05, 0) is 6.08 Å². The summed E-state index contributed by atoms with van der Waals surface area (Å²) in [6.45, 7) is 1.80. The Morgan fingerprint density at radius 2 is 2.22 bits per heavy atom. The lowest BCUT2D eigenvalue weighted by Gasteiger charge is -2.06. The Morgan fingerprint density at radius 1 is 1.56 bits per heavy atom. The zero-order valence-electron chi connectivity index (χ0n) is 5.26. The Kier molecular flexibility index (Phi) is 1.47. The van der Waals surface area contributed by atoms with E-state index in [1.165, 1.54) is 6.08 Å². The van der Waals surface area contributed by atoms with Crippen LogP contribution < -0.4 is 0 Å². The Hall–Kier alpha value is -0.920. The largest absolute Gasteiger partial charge is 0.299 e. The third-order valence-corrected chi connectivity index (χ3v) is 1.43. The lowest BCUT2D eigenvalue weighted by Crippen LogP contribution is -2.17. The average molecular weight is 124 g/mol. The molecule has 48 valence electrons. The molecule has 0 spiro atoms. The molecule has 0 bridgehead atoms. The second kappa shape index (κ2) is 2.13. The van der Waals surface area contributed by atoms with E-state index in [0.29, 0.717) is 0 Å². The molecule has 0 saturated heterocycles. The van der Waals surface area contributed by atoms with Gasteiger partial charge in [0.15, 0.2) is 5.78 Å².